The van der Waals surface area contributed by atoms with Crippen LogP contribution < -0.4 is 9.47 Å². The lowest BCUT2D eigenvalue weighted by Crippen LogP contribution is -2.15. The van der Waals surface area contributed by atoms with E-state index in [9.17, 15) is 9.90 Å². The van der Waals surface area contributed by atoms with E-state index in [2.05, 4.69) is 24.5 Å². The predicted molar refractivity (Wildman–Crippen MR) is 126 cm³/mol. The van der Waals surface area contributed by atoms with Crippen molar-refractivity contribution >= 4 is 16.9 Å². The lowest BCUT2D eigenvalue weighted by molar-refractivity contribution is 0.0697. The summed E-state index contributed by atoms with van der Waals surface area (Å²) in [6, 6.07) is 11.7. The van der Waals surface area contributed by atoms with Gasteiger partial charge in [0, 0.05) is 17.0 Å². The molecule has 5 heteroatoms. The molecule has 168 valence electrons. The molecule has 0 amide bonds. The van der Waals surface area contributed by atoms with Gasteiger partial charge >= 0.3 is 5.97 Å². The summed E-state index contributed by atoms with van der Waals surface area (Å²) in [5, 5.41) is 10.7. The van der Waals surface area contributed by atoms with Gasteiger partial charge in [-0.05, 0) is 61.9 Å². The van der Waals surface area contributed by atoms with E-state index in [1.807, 2.05) is 18.2 Å². The largest absolute Gasteiger partial charge is 0.491 e. The van der Waals surface area contributed by atoms with E-state index in [0.717, 1.165) is 40.8 Å². The second-order valence-corrected chi connectivity index (χ2v) is 9.21. The molecule has 0 bridgehead atoms. The number of carbonyl (C=O) groups is 1. The summed E-state index contributed by atoms with van der Waals surface area (Å²) in [5.41, 5.74) is 4.87. The van der Waals surface area contributed by atoms with E-state index >= 15 is 0 Å². The summed E-state index contributed by atoms with van der Waals surface area (Å²) >= 11 is 0. The summed E-state index contributed by atoms with van der Waals surface area (Å²) < 4.78 is 14.4. The molecule has 0 spiro atoms. The van der Waals surface area contributed by atoms with Gasteiger partial charge in [0.15, 0.2) is 6.73 Å². The molecule has 0 radical (unpaired) electrons. The molecule has 1 N–H and O–H groups in total. The van der Waals surface area contributed by atoms with E-state index in [1.54, 1.807) is 12.1 Å². The van der Waals surface area contributed by atoms with E-state index in [1.165, 1.54) is 43.4 Å². The Morgan fingerprint density at radius 1 is 1.19 bits per heavy atom. The fourth-order valence-electron chi connectivity index (χ4n) is 5.46. The molecule has 2 heterocycles. The van der Waals surface area contributed by atoms with Crippen LogP contribution in [0.5, 0.6) is 11.5 Å². The lowest BCUT2D eigenvalue weighted by atomic mass is 9.81. The molecular formula is C27H31NO4. The molecule has 1 aromatic heterocycles. The standard InChI is InChI=1S/C27H31NO4/c1-3-7-17(2)32-20-11-13-22-24(15-20)31-16-28-23-14-19(27(29)30)10-12-21(23)25(26(22)28)18-8-5-4-6-9-18/h10-15,17-18H,3-9,16H2,1-2H3,(H,29,30). The first kappa shape index (κ1) is 20.9. The van der Waals surface area contributed by atoms with Crippen molar-refractivity contribution in [3.63, 3.8) is 0 Å². The number of aromatic carboxylic acids is 1. The fourth-order valence-corrected chi connectivity index (χ4v) is 5.46. The molecule has 1 aliphatic carbocycles. The summed E-state index contributed by atoms with van der Waals surface area (Å²) in [6.07, 6.45) is 8.42. The van der Waals surface area contributed by atoms with Gasteiger partial charge in [-0.1, -0.05) is 38.7 Å². The Morgan fingerprint density at radius 3 is 2.75 bits per heavy atom. The van der Waals surface area contributed by atoms with Crippen LogP contribution in [0.3, 0.4) is 0 Å². The van der Waals surface area contributed by atoms with Crippen molar-refractivity contribution in [2.24, 2.45) is 0 Å². The van der Waals surface area contributed by atoms with Crippen LogP contribution in [-0.2, 0) is 6.73 Å². The van der Waals surface area contributed by atoms with Gasteiger partial charge in [0.2, 0.25) is 0 Å². The minimum Gasteiger partial charge on any atom is -0.491 e. The molecular weight excluding hydrogens is 402 g/mol. The van der Waals surface area contributed by atoms with Gasteiger partial charge in [-0.15, -0.1) is 0 Å². The van der Waals surface area contributed by atoms with Crippen LogP contribution in [0.2, 0.25) is 0 Å². The third-order valence-electron chi connectivity index (χ3n) is 6.95. The molecule has 1 unspecified atom stereocenters. The topological polar surface area (TPSA) is 60.7 Å². The SMILES string of the molecule is CCCC(C)Oc1ccc2c(c1)OCn1c-2c(C2CCCCC2)c2ccc(C(=O)O)cc21. The maximum Gasteiger partial charge on any atom is 0.335 e. The monoisotopic (exact) mass is 433 g/mol. The first-order valence-electron chi connectivity index (χ1n) is 11.9. The fraction of sp³-hybridized carbons (Fsp3) is 0.444. The first-order chi connectivity index (χ1) is 15.6. The smallest absolute Gasteiger partial charge is 0.335 e. The minimum atomic E-state index is -0.901. The van der Waals surface area contributed by atoms with Crippen molar-refractivity contribution in [3.05, 3.63) is 47.5 Å². The average Bonchev–Trinajstić information content (AvgIpc) is 3.13. The van der Waals surface area contributed by atoms with Crippen LogP contribution in [-0.4, -0.2) is 21.7 Å². The van der Waals surface area contributed by atoms with E-state index in [0.29, 0.717) is 18.2 Å². The van der Waals surface area contributed by atoms with Gasteiger partial charge in [-0.3, -0.25) is 0 Å². The van der Waals surface area contributed by atoms with Gasteiger partial charge in [-0.25, -0.2) is 4.79 Å². The Balaban J connectivity index is 1.65. The van der Waals surface area contributed by atoms with Crippen LogP contribution in [0, 0.1) is 0 Å². The van der Waals surface area contributed by atoms with Gasteiger partial charge in [0.05, 0.1) is 22.9 Å². The second-order valence-electron chi connectivity index (χ2n) is 9.21. The van der Waals surface area contributed by atoms with Gasteiger partial charge < -0.3 is 19.1 Å². The number of hydrogen-bond acceptors (Lipinski definition) is 3. The average molecular weight is 434 g/mol. The van der Waals surface area contributed by atoms with Crippen molar-refractivity contribution < 1.29 is 19.4 Å². The predicted octanol–water partition coefficient (Wildman–Crippen LogP) is 6.97. The molecule has 1 fully saturated rings. The number of benzene rings is 2. The molecule has 32 heavy (non-hydrogen) atoms. The molecule has 5 nitrogen and oxygen atoms in total. The van der Waals surface area contributed by atoms with E-state index in [-0.39, 0.29) is 6.10 Å². The normalized spacial score (nSPS) is 16.8. The maximum atomic E-state index is 11.6. The van der Waals surface area contributed by atoms with Crippen molar-refractivity contribution in [2.75, 3.05) is 0 Å². The first-order valence-corrected chi connectivity index (χ1v) is 11.9. The summed E-state index contributed by atoms with van der Waals surface area (Å²) in [5.74, 6) is 1.27. The van der Waals surface area contributed by atoms with Gasteiger partial charge in [-0.2, -0.15) is 0 Å². The molecule has 0 saturated heterocycles. The van der Waals surface area contributed by atoms with Crippen molar-refractivity contribution in [1.82, 2.24) is 4.57 Å². The van der Waals surface area contributed by atoms with Crippen LogP contribution in [0.25, 0.3) is 22.2 Å². The quantitative estimate of drug-likeness (QED) is 0.456. The highest BCUT2D eigenvalue weighted by atomic mass is 16.5. The molecule has 1 atom stereocenters. The van der Waals surface area contributed by atoms with Crippen LogP contribution in [0.1, 0.15) is 80.6 Å². The number of carboxylic acids is 1. The van der Waals surface area contributed by atoms with Crippen LogP contribution >= 0.6 is 0 Å². The van der Waals surface area contributed by atoms with Crippen molar-refractivity contribution in [3.8, 4) is 22.8 Å². The highest BCUT2D eigenvalue weighted by Crippen LogP contribution is 2.48. The van der Waals surface area contributed by atoms with Crippen molar-refractivity contribution in [1.29, 1.82) is 0 Å². The van der Waals surface area contributed by atoms with Gasteiger partial charge in [0.1, 0.15) is 11.5 Å². The molecule has 2 aliphatic rings. The van der Waals surface area contributed by atoms with Crippen LogP contribution in [0.4, 0.5) is 0 Å². The number of fused-ring (bicyclic) bond motifs is 5. The number of nitrogens with zero attached hydrogens (tertiary/aromatic N) is 1. The highest BCUT2D eigenvalue weighted by molar-refractivity contribution is 5.99. The number of hydrogen-bond donors (Lipinski definition) is 1. The number of ether oxygens (including phenoxy) is 2. The minimum absolute atomic E-state index is 0.167. The summed E-state index contributed by atoms with van der Waals surface area (Å²) in [7, 11) is 0. The Bertz CT molecular complexity index is 1160. The third kappa shape index (κ3) is 3.64. The summed E-state index contributed by atoms with van der Waals surface area (Å²) in [6.45, 7) is 4.64. The summed E-state index contributed by atoms with van der Waals surface area (Å²) in [4.78, 5) is 11.6. The zero-order valence-electron chi connectivity index (χ0n) is 18.9. The highest BCUT2D eigenvalue weighted by Gasteiger charge is 2.30. The lowest BCUT2D eigenvalue weighted by Gasteiger charge is -2.27. The second kappa shape index (κ2) is 8.53. The molecule has 2 aromatic carbocycles. The van der Waals surface area contributed by atoms with E-state index in [4.69, 9.17) is 9.47 Å². The number of aromatic nitrogens is 1. The third-order valence-corrected chi connectivity index (χ3v) is 6.95. The Morgan fingerprint density at radius 2 is 2.00 bits per heavy atom. The van der Waals surface area contributed by atoms with Gasteiger partial charge in [0.25, 0.3) is 0 Å². The number of carboxylic acid groups (broad SMARTS) is 1. The zero-order valence-corrected chi connectivity index (χ0v) is 18.9. The van der Waals surface area contributed by atoms with E-state index < -0.39 is 5.97 Å². The van der Waals surface area contributed by atoms with Crippen LogP contribution in [0.15, 0.2) is 36.4 Å². The van der Waals surface area contributed by atoms with Crippen molar-refractivity contribution in [2.45, 2.75) is 77.5 Å². The Hall–Kier alpha value is -2.95. The Labute approximate surface area is 189 Å². The molecule has 1 aliphatic heterocycles. The molecule has 5 rings (SSSR count). The molecule has 3 aromatic rings. The number of rotatable bonds is 6. The molecule has 1 saturated carbocycles. The maximum absolute atomic E-state index is 11.6. The Kier molecular flexibility index (Phi) is 5.58. The zero-order chi connectivity index (χ0) is 22.2.